The minimum atomic E-state index is 0.118. The van der Waals surface area contributed by atoms with Crippen molar-refractivity contribution in [3.63, 3.8) is 0 Å². The molecule has 0 saturated heterocycles. The van der Waals surface area contributed by atoms with Crippen LogP contribution in [-0.4, -0.2) is 10.5 Å². The lowest BCUT2D eigenvalue weighted by Crippen LogP contribution is -2.22. The average Bonchev–Trinajstić information content (AvgIpc) is 2.80. The number of hydrogen-bond acceptors (Lipinski definition) is 3. The second kappa shape index (κ2) is 3.07. The molecule has 2 heterocycles. The van der Waals surface area contributed by atoms with Gasteiger partial charge in [-0.05, 0) is 37.8 Å². The Morgan fingerprint density at radius 2 is 2.33 bits per heavy atom. The van der Waals surface area contributed by atoms with Gasteiger partial charge in [0.15, 0.2) is 5.58 Å². The van der Waals surface area contributed by atoms with Crippen molar-refractivity contribution in [1.29, 1.82) is 0 Å². The van der Waals surface area contributed by atoms with E-state index in [0.717, 1.165) is 29.5 Å². The summed E-state index contributed by atoms with van der Waals surface area (Å²) in [5.74, 6) is 0. The second-order valence-electron chi connectivity index (χ2n) is 4.50. The fourth-order valence-corrected chi connectivity index (χ4v) is 1.84. The molecule has 2 aromatic heterocycles. The first-order valence-corrected chi connectivity index (χ1v) is 5.36. The van der Waals surface area contributed by atoms with Crippen molar-refractivity contribution in [2.24, 2.45) is 5.73 Å². The Kier molecular flexibility index (Phi) is 1.83. The van der Waals surface area contributed by atoms with Gasteiger partial charge >= 0.3 is 0 Å². The predicted molar refractivity (Wildman–Crippen MR) is 58.5 cm³/mol. The van der Waals surface area contributed by atoms with Crippen molar-refractivity contribution in [2.45, 2.75) is 31.2 Å². The Bertz CT molecular complexity index is 485. The van der Waals surface area contributed by atoms with Crippen molar-refractivity contribution in [3.8, 4) is 0 Å². The summed E-state index contributed by atoms with van der Waals surface area (Å²) in [6.45, 7) is 0. The fraction of sp³-hybridized carbons (Fsp3) is 0.417. The molecule has 0 unspecified atom stereocenters. The van der Waals surface area contributed by atoms with Crippen LogP contribution in [0.2, 0.25) is 0 Å². The fourth-order valence-electron chi connectivity index (χ4n) is 1.84. The van der Waals surface area contributed by atoms with Crippen LogP contribution in [0.3, 0.4) is 0 Å². The van der Waals surface area contributed by atoms with E-state index in [4.69, 9.17) is 10.2 Å². The number of hydrogen-bond donors (Lipinski definition) is 1. The number of rotatable bonds is 3. The lowest BCUT2D eigenvalue weighted by atomic mass is 10.1. The van der Waals surface area contributed by atoms with Crippen molar-refractivity contribution in [3.05, 3.63) is 30.3 Å². The van der Waals surface area contributed by atoms with Gasteiger partial charge in [-0.25, -0.2) is 0 Å². The Hall–Kier alpha value is -1.35. The molecule has 0 spiro atoms. The van der Waals surface area contributed by atoms with Gasteiger partial charge in [-0.15, -0.1) is 0 Å². The van der Waals surface area contributed by atoms with Crippen LogP contribution < -0.4 is 5.73 Å². The summed E-state index contributed by atoms with van der Waals surface area (Å²) in [5, 5.41) is 1.13. The third-order valence-electron chi connectivity index (χ3n) is 3.17. The maximum Gasteiger partial charge on any atom is 0.152 e. The Morgan fingerprint density at radius 1 is 1.47 bits per heavy atom. The Morgan fingerprint density at radius 3 is 3.13 bits per heavy atom. The smallest absolute Gasteiger partial charge is 0.152 e. The van der Waals surface area contributed by atoms with Crippen LogP contribution >= 0.6 is 0 Å². The highest BCUT2D eigenvalue weighted by atomic mass is 16.3. The third-order valence-corrected chi connectivity index (χ3v) is 3.17. The standard InChI is InChI=1S/C12H14N2O/c13-12(4-5-12)3-1-10-7-9-2-6-15-11(9)8-14-10/h2,6-8H,1,3-5,13H2. The van der Waals surface area contributed by atoms with Crippen LogP contribution in [0, 0.1) is 0 Å². The Labute approximate surface area is 88.3 Å². The minimum Gasteiger partial charge on any atom is -0.463 e. The molecule has 0 radical (unpaired) electrons. The highest BCUT2D eigenvalue weighted by Gasteiger charge is 2.37. The SMILES string of the molecule is NC1(CCc2cc3ccoc3cn2)CC1. The van der Waals surface area contributed by atoms with Gasteiger partial charge in [0, 0.05) is 16.6 Å². The van der Waals surface area contributed by atoms with Crippen LogP contribution in [-0.2, 0) is 6.42 Å². The molecule has 0 aliphatic heterocycles. The molecule has 1 saturated carbocycles. The molecular formula is C12H14N2O. The van der Waals surface area contributed by atoms with E-state index in [-0.39, 0.29) is 5.54 Å². The zero-order valence-corrected chi connectivity index (χ0v) is 8.57. The van der Waals surface area contributed by atoms with E-state index in [9.17, 15) is 0 Å². The summed E-state index contributed by atoms with van der Waals surface area (Å²) in [5.41, 5.74) is 8.12. The average molecular weight is 202 g/mol. The summed E-state index contributed by atoms with van der Waals surface area (Å²) in [6, 6.07) is 4.06. The third kappa shape index (κ3) is 1.75. The van der Waals surface area contributed by atoms with E-state index < -0.39 is 0 Å². The van der Waals surface area contributed by atoms with E-state index in [1.807, 2.05) is 6.07 Å². The highest BCUT2D eigenvalue weighted by Crippen LogP contribution is 2.36. The van der Waals surface area contributed by atoms with Crippen LogP contribution in [0.1, 0.15) is 25.0 Å². The van der Waals surface area contributed by atoms with Gasteiger partial charge in [-0.3, -0.25) is 4.98 Å². The number of fused-ring (bicyclic) bond motifs is 1. The lowest BCUT2D eigenvalue weighted by molar-refractivity contribution is 0.600. The largest absolute Gasteiger partial charge is 0.463 e. The van der Waals surface area contributed by atoms with E-state index in [0.29, 0.717) is 0 Å². The number of aryl methyl sites for hydroxylation is 1. The number of furan rings is 1. The maximum absolute atomic E-state index is 6.04. The van der Waals surface area contributed by atoms with Gasteiger partial charge in [0.25, 0.3) is 0 Å². The van der Waals surface area contributed by atoms with Crippen molar-refractivity contribution < 1.29 is 4.42 Å². The summed E-state index contributed by atoms with van der Waals surface area (Å²) < 4.78 is 5.24. The predicted octanol–water partition coefficient (Wildman–Crippen LogP) is 2.25. The first-order valence-electron chi connectivity index (χ1n) is 5.36. The highest BCUT2D eigenvalue weighted by molar-refractivity contribution is 5.76. The molecule has 3 nitrogen and oxygen atoms in total. The maximum atomic E-state index is 6.04. The molecule has 2 N–H and O–H groups in total. The topological polar surface area (TPSA) is 52.0 Å². The van der Waals surface area contributed by atoms with E-state index in [2.05, 4.69) is 11.1 Å². The van der Waals surface area contributed by atoms with Gasteiger partial charge in [0.05, 0.1) is 12.5 Å². The molecule has 3 heteroatoms. The molecule has 15 heavy (non-hydrogen) atoms. The molecule has 3 rings (SSSR count). The van der Waals surface area contributed by atoms with Gasteiger partial charge in [0.2, 0.25) is 0 Å². The molecule has 0 atom stereocenters. The first-order chi connectivity index (χ1) is 7.25. The van der Waals surface area contributed by atoms with Crippen LogP contribution in [0.25, 0.3) is 11.0 Å². The van der Waals surface area contributed by atoms with Crippen LogP contribution in [0.5, 0.6) is 0 Å². The molecule has 78 valence electrons. The number of nitrogens with two attached hydrogens (primary N) is 1. The lowest BCUT2D eigenvalue weighted by Gasteiger charge is -2.06. The van der Waals surface area contributed by atoms with Crippen LogP contribution in [0.15, 0.2) is 29.0 Å². The monoisotopic (exact) mass is 202 g/mol. The number of nitrogens with zero attached hydrogens (tertiary/aromatic N) is 1. The zero-order valence-electron chi connectivity index (χ0n) is 8.57. The van der Waals surface area contributed by atoms with Crippen molar-refractivity contribution in [1.82, 2.24) is 4.98 Å². The Balaban J connectivity index is 1.78. The number of pyridine rings is 1. The van der Waals surface area contributed by atoms with Crippen LogP contribution in [0.4, 0.5) is 0 Å². The summed E-state index contributed by atoms with van der Waals surface area (Å²) >= 11 is 0. The van der Waals surface area contributed by atoms with E-state index in [1.54, 1.807) is 12.5 Å². The molecule has 1 aliphatic rings. The van der Waals surface area contributed by atoms with Gasteiger partial charge < -0.3 is 10.2 Å². The molecule has 1 fully saturated rings. The van der Waals surface area contributed by atoms with Gasteiger partial charge in [0.1, 0.15) is 0 Å². The molecule has 0 aromatic carbocycles. The first kappa shape index (κ1) is 8.92. The van der Waals surface area contributed by atoms with Crippen molar-refractivity contribution >= 4 is 11.0 Å². The minimum absolute atomic E-state index is 0.118. The van der Waals surface area contributed by atoms with E-state index >= 15 is 0 Å². The van der Waals surface area contributed by atoms with Crippen molar-refractivity contribution in [2.75, 3.05) is 0 Å². The van der Waals surface area contributed by atoms with Gasteiger partial charge in [-0.1, -0.05) is 0 Å². The summed E-state index contributed by atoms with van der Waals surface area (Å²) in [7, 11) is 0. The second-order valence-corrected chi connectivity index (χ2v) is 4.50. The van der Waals surface area contributed by atoms with E-state index in [1.165, 1.54) is 12.8 Å². The molecule has 2 aromatic rings. The molecule has 0 amide bonds. The van der Waals surface area contributed by atoms with Gasteiger partial charge in [-0.2, -0.15) is 0 Å². The molecular weight excluding hydrogens is 188 g/mol. The quantitative estimate of drug-likeness (QED) is 0.830. The zero-order chi connectivity index (χ0) is 10.3. The summed E-state index contributed by atoms with van der Waals surface area (Å²) in [6.07, 6.45) is 7.84. The molecule has 1 aliphatic carbocycles. The summed E-state index contributed by atoms with van der Waals surface area (Å²) in [4.78, 5) is 4.36. The number of aromatic nitrogens is 1. The molecule has 0 bridgehead atoms. The normalized spacial score (nSPS) is 18.2.